The third-order valence-electron chi connectivity index (χ3n) is 5.30. The van der Waals surface area contributed by atoms with Gasteiger partial charge >= 0.3 is 12.2 Å². The number of carbonyl (C=O) groups is 3. The number of benzene rings is 3. The fourth-order valence-corrected chi connectivity index (χ4v) is 3.85. The average Bonchev–Trinajstić information content (AvgIpc) is 2.81. The molecule has 1 aliphatic heterocycles. The van der Waals surface area contributed by atoms with Gasteiger partial charge in [-0.15, -0.1) is 0 Å². The van der Waals surface area contributed by atoms with Crippen LogP contribution in [-0.2, 0) is 15.8 Å². The predicted octanol–water partition coefficient (Wildman–Crippen LogP) is 5.97. The molecule has 10 heteroatoms. The summed E-state index contributed by atoms with van der Waals surface area (Å²) in [4.78, 5) is 38.9. The molecule has 3 aromatic carbocycles. The lowest BCUT2D eigenvalue weighted by Gasteiger charge is -2.27. The Morgan fingerprint density at radius 1 is 1.06 bits per heavy atom. The Morgan fingerprint density at radius 3 is 2.51 bits per heavy atom. The molecule has 0 unspecified atom stereocenters. The molecular formula is C25H18ClF3N2O4. The molecule has 1 aliphatic rings. The molecule has 3 aromatic rings. The van der Waals surface area contributed by atoms with Gasteiger partial charge in [-0.05, 0) is 47.5 Å². The van der Waals surface area contributed by atoms with Gasteiger partial charge in [0.2, 0.25) is 0 Å². The molecule has 1 N–H and O–H groups in total. The number of hydrogen-bond acceptors (Lipinski definition) is 4. The van der Waals surface area contributed by atoms with Crippen molar-refractivity contribution >= 4 is 52.0 Å². The number of ether oxygens (including phenoxy) is 1. The van der Waals surface area contributed by atoms with Gasteiger partial charge < -0.3 is 4.74 Å². The highest BCUT2D eigenvalue weighted by molar-refractivity contribution is 6.42. The quantitative estimate of drug-likeness (QED) is 0.344. The van der Waals surface area contributed by atoms with Crippen LogP contribution in [0.4, 0.5) is 23.7 Å². The Balaban J connectivity index is 1.86. The molecule has 4 rings (SSSR count). The molecule has 0 atom stereocenters. The number of rotatable bonds is 5. The second-order valence-electron chi connectivity index (χ2n) is 7.67. The van der Waals surface area contributed by atoms with Crippen molar-refractivity contribution in [2.45, 2.75) is 19.5 Å². The number of imide groups is 2. The molecule has 0 radical (unpaired) electrons. The molecule has 0 bridgehead atoms. The molecule has 0 spiro atoms. The summed E-state index contributed by atoms with van der Waals surface area (Å²) in [7, 11) is 0. The summed E-state index contributed by atoms with van der Waals surface area (Å²) < 4.78 is 45.6. The highest BCUT2D eigenvalue weighted by Crippen LogP contribution is 2.37. The summed E-state index contributed by atoms with van der Waals surface area (Å²) in [6.07, 6.45) is -2.76. The molecule has 0 aromatic heterocycles. The minimum atomic E-state index is -4.74. The molecule has 0 saturated carbocycles. The van der Waals surface area contributed by atoms with Gasteiger partial charge in [-0.3, -0.25) is 14.9 Å². The van der Waals surface area contributed by atoms with Crippen LogP contribution < -0.4 is 15.0 Å². The number of amides is 4. The van der Waals surface area contributed by atoms with Crippen LogP contribution in [0.25, 0.3) is 16.8 Å². The van der Waals surface area contributed by atoms with Gasteiger partial charge in [-0.25, -0.2) is 9.69 Å². The van der Waals surface area contributed by atoms with Crippen LogP contribution in [0.5, 0.6) is 5.75 Å². The highest BCUT2D eigenvalue weighted by atomic mass is 35.5. The van der Waals surface area contributed by atoms with Crippen molar-refractivity contribution in [2.24, 2.45) is 0 Å². The summed E-state index contributed by atoms with van der Waals surface area (Å²) >= 11 is 6.05. The number of hydrogen-bond donors (Lipinski definition) is 1. The van der Waals surface area contributed by atoms with E-state index in [1.807, 2.05) is 30.4 Å². The maximum absolute atomic E-state index is 13.3. The SMILES string of the molecule is CCCOc1ccc2ccccc2c1/C=C1/C(=O)NC(=O)N(c2cc(C(F)(F)F)ccc2Cl)C1=O. The summed E-state index contributed by atoms with van der Waals surface area (Å²) in [5.41, 5.74) is -1.65. The number of nitrogens with zero attached hydrogens (tertiary/aromatic N) is 1. The Morgan fingerprint density at radius 2 is 1.80 bits per heavy atom. The van der Waals surface area contributed by atoms with Crippen LogP contribution in [0, 0.1) is 0 Å². The average molecular weight is 503 g/mol. The van der Waals surface area contributed by atoms with Gasteiger partial charge in [-0.2, -0.15) is 13.2 Å². The fourth-order valence-electron chi connectivity index (χ4n) is 3.64. The van der Waals surface area contributed by atoms with Crippen LogP contribution in [0.1, 0.15) is 24.5 Å². The summed E-state index contributed by atoms with van der Waals surface area (Å²) in [5, 5.41) is 3.21. The van der Waals surface area contributed by atoms with E-state index in [-0.39, 0.29) is 5.02 Å². The molecule has 1 fully saturated rings. The van der Waals surface area contributed by atoms with E-state index in [4.69, 9.17) is 16.3 Å². The third kappa shape index (κ3) is 4.72. The van der Waals surface area contributed by atoms with Crippen LogP contribution in [0.2, 0.25) is 5.02 Å². The molecule has 0 aliphatic carbocycles. The molecular weight excluding hydrogens is 485 g/mol. The number of halogens is 4. The number of carbonyl (C=O) groups excluding carboxylic acids is 3. The second-order valence-corrected chi connectivity index (χ2v) is 8.08. The highest BCUT2D eigenvalue weighted by Gasteiger charge is 2.39. The van der Waals surface area contributed by atoms with E-state index < -0.39 is 40.8 Å². The number of urea groups is 1. The number of alkyl halides is 3. The van der Waals surface area contributed by atoms with E-state index in [1.165, 1.54) is 6.08 Å². The van der Waals surface area contributed by atoms with Crippen molar-refractivity contribution in [3.8, 4) is 5.75 Å². The largest absolute Gasteiger partial charge is 0.493 e. The first kappa shape index (κ1) is 24.3. The number of nitrogens with one attached hydrogen (secondary N) is 1. The van der Waals surface area contributed by atoms with E-state index in [1.54, 1.807) is 18.2 Å². The van der Waals surface area contributed by atoms with Gasteiger partial charge in [-0.1, -0.05) is 48.9 Å². The maximum Gasteiger partial charge on any atom is 0.416 e. The van der Waals surface area contributed by atoms with E-state index in [2.05, 4.69) is 0 Å². The lowest BCUT2D eigenvalue weighted by Crippen LogP contribution is -2.54. The van der Waals surface area contributed by atoms with Crippen molar-refractivity contribution in [1.29, 1.82) is 0 Å². The normalized spacial score (nSPS) is 15.6. The summed E-state index contributed by atoms with van der Waals surface area (Å²) in [6.45, 7) is 2.29. The molecule has 4 amide bonds. The fraction of sp³-hybridized carbons (Fsp3) is 0.160. The van der Waals surface area contributed by atoms with E-state index in [0.717, 1.165) is 17.5 Å². The standard InChI is InChI=1S/C25H18ClF3N2O4/c1-2-11-35-21-10-7-14-5-3-4-6-16(14)17(21)13-18-22(32)30-24(34)31(23(18)33)20-12-15(25(27,28)29)8-9-19(20)26/h3-10,12-13H,2,11H2,1H3,(H,30,32,34)/b18-13-. The zero-order valence-electron chi connectivity index (χ0n) is 18.3. The molecule has 6 nitrogen and oxygen atoms in total. The lowest BCUT2D eigenvalue weighted by molar-refractivity contribution is -0.137. The van der Waals surface area contributed by atoms with Crippen LogP contribution in [-0.4, -0.2) is 24.5 Å². The smallest absolute Gasteiger partial charge is 0.416 e. The van der Waals surface area contributed by atoms with Crippen molar-refractivity contribution < 1.29 is 32.3 Å². The number of barbiturate groups is 1. The van der Waals surface area contributed by atoms with Crippen LogP contribution in [0.15, 0.2) is 60.2 Å². The predicted molar refractivity (Wildman–Crippen MR) is 125 cm³/mol. The molecule has 35 heavy (non-hydrogen) atoms. The minimum absolute atomic E-state index is 0.271. The Kier molecular flexibility index (Phi) is 6.53. The third-order valence-corrected chi connectivity index (χ3v) is 5.62. The summed E-state index contributed by atoms with van der Waals surface area (Å²) in [6, 6.07) is 11.8. The first-order chi connectivity index (χ1) is 16.6. The number of fused-ring (bicyclic) bond motifs is 1. The Bertz CT molecular complexity index is 1380. The maximum atomic E-state index is 13.3. The topological polar surface area (TPSA) is 75.7 Å². The molecule has 1 heterocycles. The van der Waals surface area contributed by atoms with Crippen molar-refractivity contribution in [3.63, 3.8) is 0 Å². The monoisotopic (exact) mass is 502 g/mol. The van der Waals surface area contributed by atoms with Gasteiger partial charge in [0, 0.05) is 5.56 Å². The second kappa shape index (κ2) is 9.42. The van der Waals surface area contributed by atoms with Crippen LogP contribution in [0.3, 0.4) is 0 Å². The lowest BCUT2D eigenvalue weighted by atomic mass is 9.99. The van der Waals surface area contributed by atoms with E-state index >= 15 is 0 Å². The van der Waals surface area contributed by atoms with Gasteiger partial charge in [0.05, 0.1) is 22.9 Å². The van der Waals surface area contributed by atoms with E-state index in [9.17, 15) is 27.6 Å². The molecule has 1 saturated heterocycles. The van der Waals surface area contributed by atoms with Gasteiger partial charge in [0.1, 0.15) is 11.3 Å². The zero-order valence-corrected chi connectivity index (χ0v) is 19.0. The first-order valence-electron chi connectivity index (χ1n) is 10.5. The Hall–Kier alpha value is -3.85. The van der Waals surface area contributed by atoms with E-state index in [0.29, 0.717) is 40.7 Å². The van der Waals surface area contributed by atoms with Crippen molar-refractivity contribution in [2.75, 3.05) is 11.5 Å². The van der Waals surface area contributed by atoms with Gasteiger partial charge in [0.25, 0.3) is 11.8 Å². The Labute approximate surface area is 202 Å². The summed E-state index contributed by atoms with van der Waals surface area (Å²) in [5.74, 6) is -1.71. The first-order valence-corrected chi connectivity index (χ1v) is 10.9. The molecule has 180 valence electrons. The number of anilines is 1. The van der Waals surface area contributed by atoms with Crippen molar-refractivity contribution in [1.82, 2.24) is 5.32 Å². The van der Waals surface area contributed by atoms with Gasteiger partial charge in [0.15, 0.2) is 0 Å². The zero-order chi connectivity index (χ0) is 25.3. The van der Waals surface area contributed by atoms with Crippen LogP contribution >= 0.6 is 11.6 Å². The minimum Gasteiger partial charge on any atom is -0.493 e. The van der Waals surface area contributed by atoms with Crippen molar-refractivity contribution in [3.05, 3.63) is 76.3 Å².